The summed E-state index contributed by atoms with van der Waals surface area (Å²) in [4.78, 5) is 37.6. The second kappa shape index (κ2) is 12.6. The Hall–Kier alpha value is -3.19. The van der Waals surface area contributed by atoms with Crippen LogP contribution in [0.1, 0.15) is 20.7 Å². The number of rotatable bonds is 6. The maximum atomic E-state index is 12.6. The number of carbonyl (C=O) groups is 3. The Kier molecular flexibility index (Phi) is 9.21. The Morgan fingerprint density at radius 3 is 1.05 bits per heavy atom. The van der Waals surface area contributed by atoms with Gasteiger partial charge in [0.15, 0.2) is 0 Å². The van der Waals surface area contributed by atoms with Crippen LogP contribution < -0.4 is 42.5 Å². The molecule has 4 unspecified atom stereocenters. The van der Waals surface area contributed by atoms with Crippen molar-refractivity contribution < 1.29 is 14.4 Å². The van der Waals surface area contributed by atoms with Crippen LogP contribution in [0, 0.1) is 0 Å². The first-order valence-corrected chi connectivity index (χ1v) is 13.7. The quantitative estimate of drug-likeness (QED) is 0.262. The fraction of sp³-hybridized carbons (Fsp3) is 0. The van der Waals surface area contributed by atoms with Gasteiger partial charge in [0.05, 0.1) is 0 Å². The van der Waals surface area contributed by atoms with E-state index in [9.17, 15) is 14.4 Å². The van der Waals surface area contributed by atoms with Crippen LogP contribution in [0.2, 0.25) is 0 Å². The molecule has 0 fully saturated rings. The zero-order chi connectivity index (χ0) is 27.2. The normalized spacial score (nSPS) is 10.4. The first-order valence-electron chi connectivity index (χ1n) is 11.4. The SMILES string of the molecule is O=C(Nc1ccc(C(=O)Nc2cc(P)cc(P)c2)cc1)Nc1ccc(C(=O)Nc2cc(P)cc(P)c2)cc1. The molecule has 4 aromatic carbocycles. The lowest BCUT2D eigenvalue weighted by Gasteiger charge is -2.10. The highest BCUT2D eigenvalue weighted by atomic mass is 31.0. The van der Waals surface area contributed by atoms with E-state index in [1.165, 1.54) is 0 Å². The average Bonchev–Trinajstić information content (AvgIpc) is 2.83. The van der Waals surface area contributed by atoms with Gasteiger partial charge in [-0.05, 0) is 106 Å². The van der Waals surface area contributed by atoms with Gasteiger partial charge in [-0.15, -0.1) is 37.0 Å². The summed E-state index contributed by atoms with van der Waals surface area (Å²) in [6.07, 6.45) is 0. The van der Waals surface area contributed by atoms with Gasteiger partial charge < -0.3 is 21.3 Å². The summed E-state index contributed by atoms with van der Waals surface area (Å²) in [6, 6.07) is 24.1. The third kappa shape index (κ3) is 7.90. The van der Waals surface area contributed by atoms with Gasteiger partial charge in [0, 0.05) is 33.9 Å². The van der Waals surface area contributed by atoms with Gasteiger partial charge in [0.25, 0.3) is 11.8 Å². The van der Waals surface area contributed by atoms with Crippen molar-refractivity contribution in [3.8, 4) is 0 Å². The standard InChI is InChI=1S/C27H26N4O3P4/c32-25(28-19-9-21(35)13-22(36)10-19)15-1-5-17(6-2-15)30-27(34)31-18-7-3-16(4-8-18)26(33)29-20-11-23(37)14-24(38)12-20/h1-14H,35-38H2,(H,28,32)(H,29,33)(H2,30,31,34). The molecule has 4 rings (SSSR count). The molecule has 0 aliphatic rings. The van der Waals surface area contributed by atoms with E-state index in [0.717, 1.165) is 21.2 Å². The summed E-state index contributed by atoms with van der Waals surface area (Å²) in [7, 11) is 10.4. The zero-order valence-corrected chi connectivity index (χ0v) is 24.7. The molecule has 4 N–H and O–H groups in total. The maximum Gasteiger partial charge on any atom is 0.323 e. The predicted molar refractivity (Wildman–Crippen MR) is 172 cm³/mol. The van der Waals surface area contributed by atoms with Crippen LogP contribution in [0.5, 0.6) is 0 Å². The summed E-state index contributed by atoms with van der Waals surface area (Å²) in [5, 5.41) is 15.1. The van der Waals surface area contributed by atoms with E-state index in [1.54, 1.807) is 48.5 Å². The molecule has 11 heteroatoms. The molecule has 0 radical (unpaired) electrons. The predicted octanol–water partition coefficient (Wildman–Crippen LogP) is 3.84. The highest BCUT2D eigenvalue weighted by Crippen LogP contribution is 2.16. The van der Waals surface area contributed by atoms with Gasteiger partial charge in [0.1, 0.15) is 0 Å². The Bertz CT molecular complexity index is 1360. The summed E-state index contributed by atoms with van der Waals surface area (Å²) < 4.78 is 0. The summed E-state index contributed by atoms with van der Waals surface area (Å²) in [6.45, 7) is 0. The second-order valence-corrected chi connectivity index (χ2v) is 11.1. The fourth-order valence-electron chi connectivity index (χ4n) is 3.61. The Morgan fingerprint density at radius 1 is 0.421 bits per heavy atom. The summed E-state index contributed by atoms with van der Waals surface area (Å²) in [5.41, 5.74) is 3.37. The number of carbonyl (C=O) groups excluding carboxylic acids is 3. The molecule has 0 aromatic heterocycles. The molecule has 0 bridgehead atoms. The number of hydrogen-bond donors (Lipinski definition) is 4. The molecule has 0 saturated heterocycles. The van der Waals surface area contributed by atoms with Gasteiger partial charge in [-0.1, -0.05) is 0 Å². The number of hydrogen-bond acceptors (Lipinski definition) is 3. The zero-order valence-electron chi connectivity index (χ0n) is 20.1. The largest absolute Gasteiger partial charge is 0.323 e. The molecule has 0 aliphatic carbocycles. The van der Waals surface area contributed by atoms with E-state index in [1.807, 2.05) is 36.4 Å². The van der Waals surface area contributed by atoms with E-state index in [4.69, 9.17) is 0 Å². The van der Waals surface area contributed by atoms with Crippen LogP contribution in [-0.2, 0) is 0 Å². The van der Waals surface area contributed by atoms with Crippen molar-refractivity contribution in [3.05, 3.63) is 96.1 Å². The lowest BCUT2D eigenvalue weighted by molar-refractivity contribution is 0.101. The first-order chi connectivity index (χ1) is 18.1. The molecule has 4 amide bonds. The monoisotopic (exact) mass is 578 g/mol. The highest BCUT2D eigenvalue weighted by molar-refractivity contribution is 7.29. The minimum atomic E-state index is -0.449. The van der Waals surface area contributed by atoms with Crippen molar-refractivity contribution >= 4 is 98.8 Å². The van der Waals surface area contributed by atoms with Crippen molar-refractivity contribution in [2.24, 2.45) is 0 Å². The van der Waals surface area contributed by atoms with E-state index >= 15 is 0 Å². The van der Waals surface area contributed by atoms with Gasteiger partial charge >= 0.3 is 6.03 Å². The summed E-state index contributed by atoms with van der Waals surface area (Å²) in [5.74, 6) is -0.499. The van der Waals surface area contributed by atoms with Crippen molar-refractivity contribution in [1.29, 1.82) is 0 Å². The minimum Gasteiger partial charge on any atom is -0.322 e. The maximum absolute atomic E-state index is 12.6. The molecule has 4 aromatic rings. The molecular formula is C27H26N4O3P4. The van der Waals surface area contributed by atoms with Crippen LogP contribution in [0.15, 0.2) is 84.9 Å². The molecular weight excluding hydrogens is 552 g/mol. The summed E-state index contributed by atoms with van der Waals surface area (Å²) >= 11 is 0. The van der Waals surface area contributed by atoms with Crippen LogP contribution in [0.3, 0.4) is 0 Å². The lowest BCUT2D eigenvalue weighted by atomic mass is 10.2. The van der Waals surface area contributed by atoms with Crippen molar-refractivity contribution in [2.75, 3.05) is 21.3 Å². The molecule has 4 atom stereocenters. The van der Waals surface area contributed by atoms with Gasteiger partial charge in [-0.2, -0.15) is 0 Å². The van der Waals surface area contributed by atoms with E-state index in [0.29, 0.717) is 33.9 Å². The van der Waals surface area contributed by atoms with Gasteiger partial charge in [0.2, 0.25) is 0 Å². The smallest absolute Gasteiger partial charge is 0.322 e. The van der Waals surface area contributed by atoms with Crippen molar-refractivity contribution in [3.63, 3.8) is 0 Å². The Balaban J connectivity index is 1.30. The van der Waals surface area contributed by atoms with Gasteiger partial charge in [-0.25, -0.2) is 4.79 Å². The van der Waals surface area contributed by atoms with Crippen LogP contribution in [0.25, 0.3) is 0 Å². The lowest BCUT2D eigenvalue weighted by Crippen LogP contribution is -2.20. The van der Waals surface area contributed by atoms with Crippen molar-refractivity contribution in [1.82, 2.24) is 0 Å². The Labute approximate surface area is 230 Å². The molecule has 0 spiro atoms. The minimum absolute atomic E-state index is 0.250. The van der Waals surface area contributed by atoms with E-state index in [2.05, 4.69) is 58.2 Å². The first kappa shape index (κ1) is 27.8. The third-order valence-electron chi connectivity index (χ3n) is 5.28. The van der Waals surface area contributed by atoms with Crippen LogP contribution in [-0.4, -0.2) is 17.8 Å². The molecule has 0 saturated carbocycles. The second-order valence-electron chi connectivity index (χ2n) is 8.42. The average molecular weight is 578 g/mol. The molecule has 7 nitrogen and oxygen atoms in total. The van der Waals surface area contributed by atoms with Gasteiger partial charge in [-0.3, -0.25) is 9.59 Å². The molecule has 0 aliphatic heterocycles. The number of amides is 4. The van der Waals surface area contributed by atoms with E-state index in [-0.39, 0.29) is 11.8 Å². The van der Waals surface area contributed by atoms with Crippen LogP contribution >= 0.6 is 37.0 Å². The number of anilines is 4. The fourth-order valence-corrected chi connectivity index (χ4v) is 5.48. The molecule has 192 valence electrons. The van der Waals surface area contributed by atoms with E-state index < -0.39 is 6.03 Å². The highest BCUT2D eigenvalue weighted by Gasteiger charge is 2.10. The van der Waals surface area contributed by atoms with Crippen LogP contribution in [0.4, 0.5) is 27.5 Å². The van der Waals surface area contributed by atoms with Crippen molar-refractivity contribution in [2.45, 2.75) is 0 Å². The number of benzene rings is 4. The topological polar surface area (TPSA) is 99.3 Å². The number of urea groups is 1. The number of nitrogens with one attached hydrogen (secondary N) is 4. The molecule has 38 heavy (non-hydrogen) atoms. The Morgan fingerprint density at radius 2 is 0.737 bits per heavy atom. The third-order valence-corrected chi connectivity index (χ3v) is 6.61. The molecule has 0 heterocycles.